The van der Waals surface area contributed by atoms with Crippen LogP contribution in [0.3, 0.4) is 0 Å². The van der Waals surface area contributed by atoms with Crippen molar-refractivity contribution < 1.29 is 18.7 Å². The molecule has 0 atom stereocenters. The molecule has 0 spiro atoms. The van der Waals surface area contributed by atoms with Gasteiger partial charge in [-0.25, -0.2) is 4.39 Å². The highest BCUT2D eigenvalue weighted by Crippen LogP contribution is 2.37. The average molecular weight is 481 g/mol. The topological polar surface area (TPSA) is 65.1 Å². The summed E-state index contributed by atoms with van der Waals surface area (Å²) >= 11 is 7.62. The summed E-state index contributed by atoms with van der Waals surface area (Å²) in [6.07, 6.45) is 0. The summed E-state index contributed by atoms with van der Waals surface area (Å²) in [7, 11) is 2.02. The Morgan fingerprint density at radius 3 is 2.47 bits per heavy atom. The van der Waals surface area contributed by atoms with Crippen LogP contribution in [-0.2, 0) is 4.74 Å². The average Bonchev–Trinajstić information content (AvgIpc) is 3.07. The maximum absolute atomic E-state index is 14.3. The van der Waals surface area contributed by atoms with Gasteiger partial charge in [0, 0.05) is 56.1 Å². The number of rotatable bonds is 4. The van der Waals surface area contributed by atoms with Gasteiger partial charge in [-0.05, 0) is 32.2 Å². The predicted octanol–water partition coefficient (Wildman–Crippen LogP) is 3.33. The summed E-state index contributed by atoms with van der Waals surface area (Å²) < 4.78 is 19.6. The van der Waals surface area contributed by atoms with Crippen LogP contribution in [0.2, 0.25) is 5.02 Å². The van der Waals surface area contributed by atoms with Gasteiger partial charge in [-0.3, -0.25) is 9.59 Å². The normalized spacial score (nSPS) is 17.5. The number of thiophene rings is 1. The molecule has 1 aromatic carbocycles. The number of carbonyl (C=O) groups excluding carboxylic acids is 2. The molecule has 0 radical (unpaired) electrons. The van der Waals surface area contributed by atoms with Gasteiger partial charge in [0.05, 0.1) is 18.2 Å². The van der Waals surface area contributed by atoms with Crippen molar-refractivity contribution in [2.75, 3.05) is 69.7 Å². The third-order valence-electron chi connectivity index (χ3n) is 5.81. The molecule has 0 bridgehead atoms. The summed E-state index contributed by atoms with van der Waals surface area (Å²) in [5.74, 6) is -1.05. The second-order valence-electron chi connectivity index (χ2n) is 8.05. The Morgan fingerprint density at radius 2 is 1.78 bits per heavy atom. The van der Waals surface area contributed by atoms with E-state index in [2.05, 4.69) is 10.2 Å². The van der Waals surface area contributed by atoms with Crippen LogP contribution in [0.5, 0.6) is 0 Å². The molecule has 32 heavy (non-hydrogen) atoms. The number of morpholine rings is 1. The molecule has 0 saturated carbocycles. The van der Waals surface area contributed by atoms with Crippen LogP contribution in [0.4, 0.5) is 15.1 Å². The van der Waals surface area contributed by atoms with Gasteiger partial charge < -0.3 is 24.8 Å². The number of likely N-dealkylation sites (N-methyl/N-ethyl adjacent to an activating group) is 1. The highest BCUT2D eigenvalue weighted by atomic mass is 35.5. The van der Waals surface area contributed by atoms with Crippen molar-refractivity contribution in [3.8, 4) is 0 Å². The molecular formula is C22H26ClFN4O3S. The first kappa shape index (κ1) is 23.0. The van der Waals surface area contributed by atoms with Crippen molar-refractivity contribution in [1.82, 2.24) is 9.80 Å². The smallest absolute Gasteiger partial charge is 0.265 e. The molecule has 10 heteroatoms. The van der Waals surface area contributed by atoms with E-state index in [0.29, 0.717) is 65.5 Å². The molecule has 172 valence electrons. The van der Waals surface area contributed by atoms with Gasteiger partial charge in [-0.15, -0.1) is 11.3 Å². The van der Waals surface area contributed by atoms with E-state index in [1.807, 2.05) is 11.9 Å². The number of ether oxygens (including phenoxy) is 1. The van der Waals surface area contributed by atoms with E-state index in [-0.39, 0.29) is 11.5 Å². The second kappa shape index (κ2) is 9.74. The third kappa shape index (κ3) is 4.91. The number of benzene rings is 1. The Balaban J connectivity index is 1.52. The summed E-state index contributed by atoms with van der Waals surface area (Å²) in [5.41, 5.74) is 1.49. The molecule has 2 aliphatic heterocycles. The van der Waals surface area contributed by atoms with Gasteiger partial charge in [0.1, 0.15) is 15.7 Å². The zero-order valence-electron chi connectivity index (χ0n) is 18.1. The predicted molar refractivity (Wildman–Crippen MR) is 125 cm³/mol. The number of hydrogen-bond donors (Lipinski definition) is 1. The Kier molecular flexibility index (Phi) is 6.99. The molecule has 0 unspecified atom stereocenters. The Labute approximate surface area is 195 Å². The highest BCUT2D eigenvalue weighted by molar-refractivity contribution is 7.19. The van der Waals surface area contributed by atoms with Crippen molar-refractivity contribution >= 4 is 45.4 Å². The van der Waals surface area contributed by atoms with Crippen LogP contribution < -0.4 is 10.2 Å². The lowest BCUT2D eigenvalue weighted by Crippen LogP contribution is -2.47. The zero-order valence-corrected chi connectivity index (χ0v) is 19.7. The van der Waals surface area contributed by atoms with Crippen LogP contribution in [-0.4, -0.2) is 81.1 Å². The molecular weight excluding hydrogens is 455 g/mol. The molecule has 4 rings (SSSR count). The van der Waals surface area contributed by atoms with E-state index < -0.39 is 11.7 Å². The van der Waals surface area contributed by atoms with Gasteiger partial charge in [0.25, 0.3) is 11.8 Å². The summed E-state index contributed by atoms with van der Waals surface area (Å²) in [6, 6.07) is 4.30. The van der Waals surface area contributed by atoms with Gasteiger partial charge in [0.2, 0.25) is 0 Å². The fourth-order valence-corrected chi connectivity index (χ4v) is 5.20. The lowest BCUT2D eigenvalue weighted by molar-refractivity contribution is 0.0669. The van der Waals surface area contributed by atoms with E-state index in [4.69, 9.17) is 16.3 Å². The first-order chi connectivity index (χ1) is 15.3. The molecule has 0 aliphatic carbocycles. The number of hydrogen-bond acceptors (Lipinski definition) is 6. The maximum atomic E-state index is 14.3. The monoisotopic (exact) mass is 480 g/mol. The molecule has 7 nitrogen and oxygen atoms in total. The van der Waals surface area contributed by atoms with E-state index >= 15 is 0 Å². The van der Waals surface area contributed by atoms with Gasteiger partial charge >= 0.3 is 0 Å². The van der Waals surface area contributed by atoms with Crippen LogP contribution in [0.1, 0.15) is 25.6 Å². The van der Waals surface area contributed by atoms with Crippen molar-refractivity contribution in [3.05, 3.63) is 45.0 Å². The van der Waals surface area contributed by atoms with E-state index in [9.17, 15) is 14.0 Å². The molecule has 2 amide bonds. The fraction of sp³-hybridized carbons (Fsp3) is 0.455. The SMILES string of the molecule is Cc1c(NC(=O)c2cc(F)cc(N3CCOCC3)c2)sc(C(=O)N2CCN(C)CC2)c1Cl. The number of carbonyl (C=O) groups is 2. The summed E-state index contributed by atoms with van der Waals surface area (Å²) in [5, 5.41) is 3.66. The molecule has 2 aromatic rings. The second-order valence-corrected chi connectivity index (χ2v) is 9.45. The zero-order chi connectivity index (χ0) is 22.8. The van der Waals surface area contributed by atoms with Crippen molar-refractivity contribution in [3.63, 3.8) is 0 Å². The molecule has 2 saturated heterocycles. The summed E-state index contributed by atoms with van der Waals surface area (Å²) in [6.45, 7) is 7.06. The minimum absolute atomic E-state index is 0.128. The standard InChI is InChI=1S/C22H26ClFN4O3S/c1-14-18(23)19(22(30)28-5-3-26(2)4-6-28)32-21(14)25-20(29)15-11-16(24)13-17(12-15)27-7-9-31-10-8-27/h11-13H,3-10H2,1-2H3,(H,25,29). The van der Waals surface area contributed by atoms with Crippen LogP contribution in [0, 0.1) is 12.7 Å². The van der Waals surface area contributed by atoms with Gasteiger partial charge in [-0.2, -0.15) is 0 Å². The molecule has 2 fully saturated rings. The highest BCUT2D eigenvalue weighted by Gasteiger charge is 2.27. The van der Waals surface area contributed by atoms with E-state index in [1.165, 1.54) is 12.1 Å². The molecule has 3 heterocycles. The van der Waals surface area contributed by atoms with Crippen molar-refractivity contribution in [2.24, 2.45) is 0 Å². The quantitative estimate of drug-likeness (QED) is 0.727. The number of piperazine rings is 1. The lowest BCUT2D eigenvalue weighted by atomic mass is 10.1. The van der Waals surface area contributed by atoms with Crippen molar-refractivity contribution in [2.45, 2.75) is 6.92 Å². The lowest BCUT2D eigenvalue weighted by Gasteiger charge is -2.32. The number of nitrogens with one attached hydrogen (secondary N) is 1. The fourth-order valence-electron chi connectivity index (χ4n) is 3.79. The van der Waals surface area contributed by atoms with Crippen molar-refractivity contribution in [1.29, 1.82) is 0 Å². The Morgan fingerprint density at radius 1 is 1.09 bits per heavy atom. The summed E-state index contributed by atoms with van der Waals surface area (Å²) in [4.78, 5) is 32.2. The first-order valence-electron chi connectivity index (χ1n) is 10.5. The van der Waals surface area contributed by atoms with Crippen LogP contribution in [0.15, 0.2) is 18.2 Å². The van der Waals surface area contributed by atoms with Crippen LogP contribution >= 0.6 is 22.9 Å². The number of halogens is 2. The number of nitrogens with zero attached hydrogens (tertiary/aromatic N) is 3. The Hall–Kier alpha value is -2.20. The van der Waals surface area contributed by atoms with Crippen LogP contribution in [0.25, 0.3) is 0 Å². The molecule has 1 N–H and O–H groups in total. The third-order valence-corrected chi connectivity index (χ3v) is 7.59. The maximum Gasteiger partial charge on any atom is 0.265 e. The van der Waals surface area contributed by atoms with E-state index in [0.717, 1.165) is 24.4 Å². The van der Waals surface area contributed by atoms with E-state index in [1.54, 1.807) is 17.9 Å². The van der Waals surface area contributed by atoms with Gasteiger partial charge in [-0.1, -0.05) is 11.6 Å². The number of amides is 2. The largest absolute Gasteiger partial charge is 0.378 e. The first-order valence-corrected chi connectivity index (χ1v) is 11.7. The molecule has 2 aliphatic rings. The number of anilines is 2. The Bertz CT molecular complexity index is 1020. The van der Waals surface area contributed by atoms with Gasteiger partial charge in [0.15, 0.2) is 0 Å². The molecule has 1 aromatic heterocycles. The minimum Gasteiger partial charge on any atom is -0.378 e. The minimum atomic E-state index is -0.481.